The van der Waals surface area contributed by atoms with Gasteiger partial charge in [0.2, 0.25) is 0 Å². The van der Waals surface area contributed by atoms with Gasteiger partial charge in [0.05, 0.1) is 72.7 Å². The third kappa shape index (κ3) is 47.8. The Balaban J connectivity index is 4.32. The molecule has 0 radical (unpaired) electrons. The van der Waals surface area contributed by atoms with Crippen LogP contribution in [0.25, 0.3) is 0 Å². The smallest absolute Gasteiger partial charge is 0.434 e. The number of aliphatic hydroxyl groups is 1. The molecule has 0 atom stereocenters. The van der Waals surface area contributed by atoms with E-state index in [-0.39, 0.29) is 6.61 Å². The fourth-order valence-electron chi connectivity index (χ4n) is 7.60. The molecular weight excluding hydrogens is 787 g/mol. The van der Waals surface area contributed by atoms with Crippen molar-refractivity contribution in [3.05, 3.63) is 0 Å². The summed E-state index contributed by atoms with van der Waals surface area (Å²) in [5, 5.41) is 8.79. The molecule has 0 aliphatic heterocycles. The first-order chi connectivity index (χ1) is 30.6. The lowest BCUT2D eigenvalue weighted by Gasteiger charge is -2.22. The molecule has 0 saturated heterocycles. The van der Waals surface area contributed by atoms with Crippen LogP contribution in [0.4, 0.5) is 9.59 Å². The van der Waals surface area contributed by atoms with E-state index >= 15 is 0 Å². The van der Waals surface area contributed by atoms with Gasteiger partial charge < -0.3 is 43.2 Å². The topological polar surface area (TPSA) is 122 Å². The number of hydrogen-bond acceptors (Lipinski definition) is 11. The molecule has 0 saturated carbocycles. The Labute approximate surface area is 382 Å². The van der Waals surface area contributed by atoms with Crippen molar-refractivity contribution in [1.29, 1.82) is 0 Å². The highest BCUT2D eigenvalue weighted by Gasteiger charge is 2.13. The molecule has 62 heavy (non-hydrogen) atoms. The van der Waals surface area contributed by atoms with Crippen molar-refractivity contribution in [2.24, 2.45) is 5.92 Å². The van der Waals surface area contributed by atoms with Crippen LogP contribution in [0.3, 0.4) is 0 Å². The molecule has 11 nitrogen and oxygen atoms in total. The number of hydrogen-bond donors (Lipinski definition) is 1. The normalized spacial score (nSPS) is 11.5. The van der Waals surface area contributed by atoms with Crippen LogP contribution in [0.5, 0.6) is 0 Å². The molecule has 0 aliphatic carbocycles. The number of unbranched alkanes of at least 4 members (excludes halogenated alkanes) is 24. The first-order valence-electron chi connectivity index (χ1n) is 26.2. The van der Waals surface area contributed by atoms with Gasteiger partial charge in [-0.2, -0.15) is 0 Å². The SMILES string of the molecule is CCCCCCCCCCCOC(=O)OCCCCCN(CCCCCCCOC(=O)OCC(CCCCCCCC)CCCCCCCC)CCOCCOCCOCCO. The standard InChI is InChI=1S/C51H101NO10/c1-4-7-10-13-16-17-18-23-30-39-59-50(54)60-41-32-25-29-36-52(37-42-56-44-46-58-47-45-57-43-38-53)35-28-22-19-24-31-40-61-51(55)62-48-49(33-26-20-14-11-8-5-2)34-27-21-15-12-9-6-3/h49,53H,4-48H2,1-3H3. The second-order valence-electron chi connectivity index (χ2n) is 17.4. The van der Waals surface area contributed by atoms with Gasteiger partial charge in [-0.3, -0.25) is 0 Å². The molecular formula is C51H101NO10. The molecule has 0 aromatic carbocycles. The Hall–Kier alpha value is -1.66. The average molecular weight is 888 g/mol. The molecule has 0 aliphatic rings. The van der Waals surface area contributed by atoms with Crippen molar-refractivity contribution in [1.82, 2.24) is 4.90 Å². The first-order valence-corrected chi connectivity index (χ1v) is 26.2. The summed E-state index contributed by atoms with van der Waals surface area (Å²) in [6.45, 7) is 14.4. The van der Waals surface area contributed by atoms with Crippen LogP contribution < -0.4 is 0 Å². The number of ether oxygens (including phenoxy) is 7. The third-order valence-electron chi connectivity index (χ3n) is 11.5. The average Bonchev–Trinajstić information content (AvgIpc) is 3.27. The predicted octanol–water partition coefficient (Wildman–Crippen LogP) is 13.4. The molecule has 0 fully saturated rings. The monoisotopic (exact) mass is 888 g/mol. The number of carbonyl (C=O) groups is 2. The van der Waals surface area contributed by atoms with Gasteiger partial charge in [0, 0.05) is 6.54 Å². The van der Waals surface area contributed by atoms with Crippen LogP contribution in [-0.2, 0) is 33.2 Å². The summed E-state index contributed by atoms with van der Waals surface area (Å²) in [5.74, 6) is 0.442. The van der Waals surface area contributed by atoms with E-state index in [9.17, 15) is 9.59 Å². The van der Waals surface area contributed by atoms with Gasteiger partial charge in [-0.05, 0) is 70.4 Å². The Morgan fingerprint density at radius 3 is 1.15 bits per heavy atom. The van der Waals surface area contributed by atoms with Gasteiger partial charge in [-0.25, -0.2) is 9.59 Å². The lowest BCUT2D eigenvalue weighted by Crippen LogP contribution is -2.30. The summed E-state index contributed by atoms with van der Waals surface area (Å²) in [6.07, 6.45) is 35.9. The second kappa shape index (κ2) is 52.0. The van der Waals surface area contributed by atoms with Crippen LogP contribution in [-0.4, -0.2) is 115 Å². The maximum absolute atomic E-state index is 12.4. The molecule has 0 amide bonds. The van der Waals surface area contributed by atoms with Gasteiger partial charge in [0.25, 0.3) is 0 Å². The highest BCUT2D eigenvalue weighted by atomic mass is 16.7. The molecule has 0 heterocycles. The van der Waals surface area contributed by atoms with E-state index < -0.39 is 12.3 Å². The number of aliphatic hydroxyl groups excluding tert-OH is 1. The van der Waals surface area contributed by atoms with Gasteiger partial charge in [-0.15, -0.1) is 0 Å². The zero-order valence-electron chi connectivity index (χ0n) is 41.0. The Kier molecular flexibility index (Phi) is 50.6. The maximum atomic E-state index is 12.4. The summed E-state index contributed by atoms with van der Waals surface area (Å²) >= 11 is 0. The highest BCUT2D eigenvalue weighted by molar-refractivity contribution is 5.60. The van der Waals surface area contributed by atoms with Crippen molar-refractivity contribution in [2.45, 2.75) is 220 Å². The number of rotatable bonds is 51. The van der Waals surface area contributed by atoms with Crippen LogP contribution in [0.2, 0.25) is 0 Å². The maximum Gasteiger partial charge on any atom is 0.508 e. The molecule has 11 heteroatoms. The molecule has 0 bridgehead atoms. The molecule has 0 aromatic heterocycles. The van der Waals surface area contributed by atoms with Gasteiger partial charge in [0.15, 0.2) is 0 Å². The summed E-state index contributed by atoms with van der Waals surface area (Å²) in [7, 11) is 0. The van der Waals surface area contributed by atoms with E-state index in [1.54, 1.807) is 0 Å². The summed E-state index contributed by atoms with van der Waals surface area (Å²) in [6, 6.07) is 0. The van der Waals surface area contributed by atoms with E-state index in [0.717, 1.165) is 96.7 Å². The third-order valence-corrected chi connectivity index (χ3v) is 11.5. The van der Waals surface area contributed by atoms with Crippen molar-refractivity contribution < 1.29 is 47.9 Å². The van der Waals surface area contributed by atoms with E-state index in [1.807, 2.05) is 0 Å². The summed E-state index contributed by atoms with van der Waals surface area (Å²) in [5.41, 5.74) is 0. The van der Waals surface area contributed by atoms with E-state index in [1.165, 1.54) is 122 Å². The largest absolute Gasteiger partial charge is 0.508 e. The molecule has 370 valence electrons. The fourth-order valence-corrected chi connectivity index (χ4v) is 7.60. The van der Waals surface area contributed by atoms with Crippen molar-refractivity contribution in [3.8, 4) is 0 Å². The highest BCUT2D eigenvalue weighted by Crippen LogP contribution is 2.20. The van der Waals surface area contributed by atoms with Crippen LogP contribution in [0, 0.1) is 5.92 Å². The minimum absolute atomic E-state index is 0.0216. The molecule has 0 rings (SSSR count). The predicted molar refractivity (Wildman–Crippen MR) is 254 cm³/mol. The van der Waals surface area contributed by atoms with Crippen molar-refractivity contribution >= 4 is 12.3 Å². The van der Waals surface area contributed by atoms with Crippen LogP contribution >= 0.6 is 0 Å². The van der Waals surface area contributed by atoms with Crippen molar-refractivity contribution in [2.75, 3.05) is 92.3 Å². The second-order valence-corrected chi connectivity index (χ2v) is 17.4. The van der Waals surface area contributed by atoms with E-state index in [4.69, 9.17) is 38.3 Å². The van der Waals surface area contributed by atoms with Gasteiger partial charge >= 0.3 is 12.3 Å². The first kappa shape index (κ1) is 60.3. The Bertz CT molecular complexity index is 881. The quantitative estimate of drug-likeness (QED) is 0.0464. The molecule has 0 unspecified atom stereocenters. The Morgan fingerprint density at radius 2 is 0.710 bits per heavy atom. The lowest BCUT2D eigenvalue weighted by atomic mass is 9.95. The fraction of sp³-hybridized carbons (Fsp3) is 0.961. The minimum atomic E-state index is -0.544. The molecule has 0 aromatic rings. The van der Waals surface area contributed by atoms with Crippen molar-refractivity contribution in [3.63, 3.8) is 0 Å². The lowest BCUT2D eigenvalue weighted by molar-refractivity contribution is 0.00447. The van der Waals surface area contributed by atoms with E-state index in [0.29, 0.717) is 72.0 Å². The van der Waals surface area contributed by atoms with Crippen LogP contribution in [0.1, 0.15) is 220 Å². The number of nitrogens with zero attached hydrogens (tertiary/aromatic N) is 1. The van der Waals surface area contributed by atoms with Gasteiger partial charge in [0.1, 0.15) is 0 Å². The molecule has 1 N–H and O–H groups in total. The van der Waals surface area contributed by atoms with E-state index in [2.05, 4.69) is 25.7 Å². The Morgan fingerprint density at radius 1 is 0.371 bits per heavy atom. The molecule has 0 spiro atoms. The zero-order chi connectivity index (χ0) is 45.1. The summed E-state index contributed by atoms with van der Waals surface area (Å²) in [4.78, 5) is 26.9. The van der Waals surface area contributed by atoms with Crippen LogP contribution in [0.15, 0.2) is 0 Å². The number of carbonyl (C=O) groups excluding carboxylic acids is 2. The minimum Gasteiger partial charge on any atom is -0.434 e. The van der Waals surface area contributed by atoms with Gasteiger partial charge in [-0.1, -0.05) is 168 Å². The summed E-state index contributed by atoms with van der Waals surface area (Å²) < 4.78 is 38.3. The zero-order valence-corrected chi connectivity index (χ0v) is 41.0.